The average Bonchev–Trinajstić information content (AvgIpc) is 1.98. The predicted molar refractivity (Wildman–Crippen MR) is 25.6 cm³/mol. The molecule has 0 nitrogen and oxygen atoms in total. The summed E-state index contributed by atoms with van der Waals surface area (Å²) in [6, 6.07) is -0.269. The zero-order chi connectivity index (χ0) is 7.02. The van der Waals surface area contributed by atoms with Crippen molar-refractivity contribution in [3.63, 3.8) is 0 Å². The van der Waals surface area contributed by atoms with Crippen LogP contribution in [0.2, 0.25) is 0 Å². The molecule has 1 radical (unpaired) electrons. The van der Waals surface area contributed by atoms with E-state index in [4.69, 9.17) is 5.48 Å². The molecule has 0 saturated carbocycles. The molecule has 5 heavy (non-hydrogen) atoms. The summed E-state index contributed by atoms with van der Waals surface area (Å²) in [6.45, 7) is 0. The Morgan fingerprint density at radius 1 is 1.40 bits per heavy atom. The Morgan fingerprint density at radius 3 is 2.20 bits per heavy atom. The molecule has 1 aliphatic rings. The summed E-state index contributed by atoms with van der Waals surface area (Å²) in [5.41, 5.74) is 0. The van der Waals surface area contributed by atoms with Crippen molar-refractivity contribution in [2.45, 2.75) is 0 Å². The number of rotatable bonds is 0. The Bertz CT molecular complexity index is 183. The fourth-order valence-electron chi connectivity index (χ4n) is 0.128. The van der Waals surface area contributed by atoms with Gasteiger partial charge in [-0.25, -0.2) is 0 Å². The van der Waals surface area contributed by atoms with E-state index in [1.165, 1.54) is 0 Å². The number of thioether (sulfide) groups is 1. The molecule has 0 aliphatic carbocycles. The van der Waals surface area contributed by atoms with Gasteiger partial charge in [0.1, 0.15) is 2.74 Å². The molecular formula is C4H4S+. The molecule has 0 fully saturated rings. The Balaban J connectivity index is 2.97. The first-order valence-electron chi connectivity index (χ1n) is 3.16. The van der Waals surface area contributed by atoms with Gasteiger partial charge in [0.05, 0.1) is 2.74 Å². The van der Waals surface area contributed by atoms with Gasteiger partial charge in [-0.15, -0.1) is 0 Å². The Labute approximate surface area is 41.2 Å². The second-order valence-electron chi connectivity index (χ2n) is 0.556. The molecule has 0 N–H and O–H groups in total. The molecule has 1 heteroatoms. The molecule has 0 saturated heterocycles. The Hall–Kier alpha value is -0.170. The minimum absolute atomic E-state index is 0.00463. The van der Waals surface area contributed by atoms with E-state index < -0.39 is 0 Å². The van der Waals surface area contributed by atoms with Gasteiger partial charge in [-0.3, -0.25) is 0 Å². The molecule has 25 valence electrons. The third kappa shape index (κ3) is 0.550. The summed E-state index contributed by atoms with van der Waals surface area (Å²) >= 11 is 0.854. The summed E-state index contributed by atoms with van der Waals surface area (Å²) in [5, 5.41) is 0.00926. The van der Waals surface area contributed by atoms with E-state index in [2.05, 4.69) is 0 Å². The van der Waals surface area contributed by atoms with E-state index in [1.54, 1.807) is 0 Å². The van der Waals surface area contributed by atoms with Gasteiger partial charge in [-0.1, -0.05) is 0 Å². The van der Waals surface area contributed by atoms with Crippen molar-refractivity contribution in [3.05, 3.63) is 22.9 Å². The van der Waals surface area contributed by atoms with Crippen LogP contribution in [0.5, 0.6) is 0 Å². The van der Waals surface area contributed by atoms with E-state index in [0.29, 0.717) is 0 Å². The van der Waals surface area contributed by atoms with Gasteiger partial charge in [0, 0.05) is 0 Å². The molecule has 0 amide bonds. The fraction of sp³-hybridized carbons (Fsp3) is 0. The monoisotopic (exact) mass is 88.0 g/mol. The lowest BCUT2D eigenvalue weighted by atomic mass is 10.6. The lowest BCUT2D eigenvalue weighted by Crippen LogP contribution is -1.43. The largest absolute Gasteiger partial charge is 0.268 e. The van der Waals surface area contributed by atoms with E-state index in [1.807, 2.05) is 0 Å². The third-order valence-corrected chi connectivity index (χ3v) is 0.675. The highest BCUT2D eigenvalue weighted by atomic mass is 32.2. The summed E-state index contributed by atoms with van der Waals surface area (Å²) in [6.07, 6.45) is 0. The van der Waals surface area contributed by atoms with E-state index in [9.17, 15) is 0 Å². The minimum Gasteiger partial charge on any atom is -0.00444 e. The molecule has 0 spiro atoms. The van der Waals surface area contributed by atoms with E-state index in [-0.39, 0.29) is 22.9 Å². The maximum Gasteiger partial charge on any atom is 0.268 e. The minimum atomic E-state index is -0.134. The van der Waals surface area contributed by atoms with Crippen molar-refractivity contribution in [3.8, 4) is 0 Å². The molecule has 0 aromatic rings. The summed E-state index contributed by atoms with van der Waals surface area (Å²) in [7, 11) is 0. The van der Waals surface area contributed by atoms with Gasteiger partial charge >= 0.3 is 0 Å². The summed E-state index contributed by atoms with van der Waals surface area (Å²) in [4.78, 5) is 0. The standard InChI is InChI=1S/C4H4S/c1-2-4-5-3-1/h1-4H/q+1/i1D,2D,3D,4D. The van der Waals surface area contributed by atoms with Crippen molar-refractivity contribution in [2.24, 2.45) is 0 Å². The Morgan fingerprint density at radius 2 is 2.00 bits per heavy atom. The van der Waals surface area contributed by atoms with Crippen LogP contribution in [-0.4, -0.2) is 0 Å². The molecule has 0 atom stereocenters. The quantitative estimate of drug-likeness (QED) is 0.400. The van der Waals surface area contributed by atoms with Crippen molar-refractivity contribution in [2.75, 3.05) is 0 Å². The zero-order valence-electron chi connectivity index (χ0n) is 6.41. The second kappa shape index (κ2) is 1.31. The van der Waals surface area contributed by atoms with Crippen LogP contribution in [0.4, 0.5) is 0 Å². The highest BCUT2D eigenvalue weighted by molar-refractivity contribution is 7.84. The maximum atomic E-state index is 6.98. The van der Waals surface area contributed by atoms with Gasteiger partial charge in [0.25, 0.3) is 11.8 Å². The van der Waals surface area contributed by atoms with Crippen molar-refractivity contribution < 1.29 is 5.48 Å². The highest BCUT2D eigenvalue weighted by Crippen LogP contribution is 1.89. The first-order chi connectivity index (χ1) is 4.13. The number of hydrogen-bond acceptors (Lipinski definition) is 1. The maximum absolute atomic E-state index is 6.98. The molecule has 1 heterocycles. The van der Waals surface area contributed by atoms with E-state index in [0.717, 1.165) is 11.8 Å². The van der Waals surface area contributed by atoms with Crippen LogP contribution in [0.15, 0.2) is 22.9 Å². The van der Waals surface area contributed by atoms with Crippen LogP contribution in [0.1, 0.15) is 5.48 Å². The van der Waals surface area contributed by atoms with Gasteiger partial charge in [-0.05, 0) is 12.1 Å². The Kier molecular flexibility index (Phi) is 0.239. The van der Waals surface area contributed by atoms with Crippen molar-refractivity contribution in [1.29, 1.82) is 0 Å². The second-order valence-corrected chi connectivity index (χ2v) is 1.17. The average molecular weight is 88.2 g/mol. The smallest absolute Gasteiger partial charge is 0.00444 e. The van der Waals surface area contributed by atoms with Crippen LogP contribution in [0, 0.1) is 0 Å². The van der Waals surface area contributed by atoms with Gasteiger partial charge < -0.3 is 0 Å². The normalized spacial score (nSPS) is 36.8. The molecule has 0 aromatic heterocycles. The number of allylic oxidation sites excluding steroid dienone is 2. The fourth-order valence-corrected chi connectivity index (χ4v) is 0.383. The third-order valence-electron chi connectivity index (χ3n) is 0.267. The molecule has 1 aliphatic heterocycles. The lowest BCUT2D eigenvalue weighted by molar-refractivity contribution is 2.15. The molecule has 0 unspecified atom stereocenters. The topological polar surface area (TPSA) is 0 Å². The first-order valence-corrected chi connectivity index (χ1v) is 1.97. The predicted octanol–water partition coefficient (Wildman–Crippen LogP) is 1.11. The van der Waals surface area contributed by atoms with Crippen LogP contribution < -0.4 is 0 Å². The molecular weight excluding hydrogens is 80.1 g/mol. The van der Waals surface area contributed by atoms with Gasteiger partial charge in [-0.2, -0.15) is 0 Å². The van der Waals surface area contributed by atoms with Crippen molar-refractivity contribution in [1.82, 2.24) is 0 Å². The zero-order valence-corrected chi connectivity index (χ0v) is 3.22. The van der Waals surface area contributed by atoms with Crippen LogP contribution >= 0.6 is 0 Å². The molecule has 1 rings (SSSR count). The highest BCUT2D eigenvalue weighted by Gasteiger charge is 1.93. The summed E-state index contributed by atoms with van der Waals surface area (Å²) in [5.74, 6) is 0. The van der Waals surface area contributed by atoms with Crippen molar-refractivity contribution >= 4 is 11.8 Å². The molecule has 0 aromatic carbocycles. The first kappa shape index (κ1) is 0.909. The van der Waals surface area contributed by atoms with Gasteiger partial charge in [0.2, 0.25) is 0 Å². The van der Waals surface area contributed by atoms with Gasteiger partial charge in [0.15, 0.2) is 10.8 Å². The number of hydrogen-bond donors (Lipinski definition) is 0. The van der Waals surface area contributed by atoms with Crippen LogP contribution in [0.25, 0.3) is 0 Å². The SMILES string of the molecule is [2H]C1=C([2H])C([2H])=C([2H])[S+]1. The molecule has 0 bridgehead atoms. The van der Waals surface area contributed by atoms with Crippen LogP contribution in [-0.2, 0) is 11.8 Å². The van der Waals surface area contributed by atoms with Crippen LogP contribution in [0.3, 0.4) is 0 Å². The lowest BCUT2D eigenvalue weighted by Gasteiger charge is -1.33. The van der Waals surface area contributed by atoms with E-state index >= 15 is 0 Å². The summed E-state index contributed by atoms with van der Waals surface area (Å²) < 4.78 is 27.9.